The molecule has 0 spiro atoms. The molecule has 0 aliphatic heterocycles. The van der Waals surface area contributed by atoms with Gasteiger partial charge in [0, 0.05) is 24.5 Å². The SMILES string of the molecule is COc1ncnc2c1[nH]c(=S)n2CCc1nccs1. The molecule has 0 aromatic carbocycles. The summed E-state index contributed by atoms with van der Waals surface area (Å²) in [6, 6.07) is 0. The minimum atomic E-state index is 0.504. The average molecular weight is 293 g/mol. The van der Waals surface area contributed by atoms with Crippen LogP contribution in [0.4, 0.5) is 0 Å². The number of aryl methyl sites for hydroxylation is 2. The summed E-state index contributed by atoms with van der Waals surface area (Å²) in [4.78, 5) is 15.7. The van der Waals surface area contributed by atoms with E-state index in [2.05, 4.69) is 19.9 Å². The highest BCUT2D eigenvalue weighted by Crippen LogP contribution is 2.20. The number of ether oxygens (including phenoxy) is 1. The highest BCUT2D eigenvalue weighted by molar-refractivity contribution is 7.71. The van der Waals surface area contributed by atoms with Crippen LogP contribution in [-0.4, -0.2) is 31.6 Å². The van der Waals surface area contributed by atoms with Crippen molar-refractivity contribution in [2.45, 2.75) is 13.0 Å². The number of rotatable bonds is 4. The lowest BCUT2D eigenvalue weighted by Crippen LogP contribution is -2.02. The van der Waals surface area contributed by atoms with Crippen molar-refractivity contribution in [1.29, 1.82) is 0 Å². The number of aromatic nitrogens is 5. The molecule has 19 heavy (non-hydrogen) atoms. The van der Waals surface area contributed by atoms with Gasteiger partial charge >= 0.3 is 0 Å². The number of fused-ring (bicyclic) bond motifs is 1. The van der Waals surface area contributed by atoms with E-state index in [1.807, 2.05) is 9.95 Å². The van der Waals surface area contributed by atoms with Crippen LogP contribution in [0.1, 0.15) is 5.01 Å². The Kier molecular flexibility index (Phi) is 3.26. The van der Waals surface area contributed by atoms with E-state index in [1.165, 1.54) is 6.33 Å². The van der Waals surface area contributed by atoms with Crippen molar-refractivity contribution in [1.82, 2.24) is 24.5 Å². The van der Waals surface area contributed by atoms with E-state index >= 15 is 0 Å². The largest absolute Gasteiger partial charge is 0.479 e. The van der Waals surface area contributed by atoms with Crippen LogP contribution in [0.25, 0.3) is 11.2 Å². The van der Waals surface area contributed by atoms with Crippen LogP contribution in [0.2, 0.25) is 0 Å². The normalized spacial score (nSPS) is 11.0. The molecule has 0 bridgehead atoms. The van der Waals surface area contributed by atoms with E-state index in [0.717, 1.165) is 29.1 Å². The zero-order valence-electron chi connectivity index (χ0n) is 10.2. The zero-order valence-corrected chi connectivity index (χ0v) is 11.8. The highest BCUT2D eigenvalue weighted by Gasteiger charge is 2.11. The van der Waals surface area contributed by atoms with Crippen molar-refractivity contribution in [2.75, 3.05) is 7.11 Å². The van der Waals surface area contributed by atoms with Crippen LogP contribution in [0.3, 0.4) is 0 Å². The number of nitrogens with one attached hydrogen (secondary N) is 1. The molecule has 3 heterocycles. The number of aromatic amines is 1. The molecule has 8 heteroatoms. The number of thiazole rings is 1. The predicted octanol–water partition coefficient (Wildman–Crippen LogP) is 2.20. The molecule has 3 rings (SSSR count). The van der Waals surface area contributed by atoms with Gasteiger partial charge in [-0.2, -0.15) is 4.98 Å². The predicted molar refractivity (Wildman–Crippen MR) is 75.1 cm³/mol. The van der Waals surface area contributed by atoms with E-state index in [-0.39, 0.29) is 0 Å². The van der Waals surface area contributed by atoms with E-state index in [9.17, 15) is 0 Å². The maximum atomic E-state index is 5.32. The first-order valence-corrected chi connectivity index (χ1v) is 6.94. The number of hydrogen-bond acceptors (Lipinski definition) is 6. The van der Waals surface area contributed by atoms with Crippen LogP contribution >= 0.6 is 23.6 Å². The van der Waals surface area contributed by atoms with Gasteiger partial charge in [-0.3, -0.25) is 0 Å². The lowest BCUT2D eigenvalue weighted by molar-refractivity contribution is 0.401. The van der Waals surface area contributed by atoms with Gasteiger partial charge in [0.15, 0.2) is 10.4 Å². The van der Waals surface area contributed by atoms with Crippen molar-refractivity contribution >= 4 is 34.7 Å². The van der Waals surface area contributed by atoms with E-state index in [0.29, 0.717) is 10.7 Å². The van der Waals surface area contributed by atoms with Gasteiger partial charge in [0.1, 0.15) is 11.8 Å². The lowest BCUT2D eigenvalue weighted by Gasteiger charge is -2.02. The number of imidazole rings is 1. The van der Waals surface area contributed by atoms with Gasteiger partial charge in [-0.25, -0.2) is 9.97 Å². The lowest BCUT2D eigenvalue weighted by atomic mass is 10.4. The molecule has 0 saturated carbocycles. The Morgan fingerprint density at radius 3 is 3.05 bits per heavy atom. The van der Waals surface area contributed by atoms with Gasteiger partial charge < -0.3 is 14.3 Å². The number of nitrogens with zero attached hydrogens (tertiary/aromatic N) is 4. The molecule has 0 fully saturated rings. The molecule has 98 valence electrons. The van der Waals surface area contributed by atoms with E-state index in [1.54, 1.807) is 24.6 Å². The number of hydrogen-bond donors (Lipinski definition) is 1. The summed E-state index contributed by atoms with van der Waals surface area (Å²) >= 11 is 6.96. The fraction of sp³-hybridized carbons (Fsp3) is 0.273. The molecule has 0 unspecified atom stereocenters. The Bertz CT molecular complexity index is 746. The first-order valence-electron chi connectivity index (χ1n) is 5.65. The molecule has 0 atom stereocenters. The number of H-pyrrole nitrogens is 1. The summed E-state index contributed by atoms with van der Waals surface area (Å²) in [5, 5.41) is 3.05. The summed E-state index contributed by atoms with van der Waals surface area (Å²) in [6.07, 6.45) is 4.11. The molecule has 0 aliphatic rings. The van der Waals surface area contributed by atoms with Gasteiger partial charge in [0.05, 0.1) is 12.1 Å². The summed E-state index contributed by atoms with van der Waals surface area (Å²) in [6.45, 7) is 0.729. The van der Waals surface area contributed by atoms with Crippen molar-refractivity contribution in [3.05, 3.63) is 27.7 Å². The van der Waals surface area contributed by atoms with Crippen molar-refractivity contribution < 1.29 is 4.74 Å². The van der Waals surface area contributed by atoms with E-state index < -0.39 is 0 Å². The third-order valence-corrected chi connectivity index (χ3v) is 3.91. The fourth-order valence-electron chi connectivity index (χ4n) is 1.89. The van der Waals surface area contributed by atoms with Crippen LogP contribution in [0.15, 0.2) is 17.9 Å². The van der Waals surface area contributed by atoms with Crippen LogP contribution in [-0.2, 0) is 13.0 Å². The minimum absolute atomic E-state index is 0.504. The topological polar surface area (TPSA) is 68.6 Å². The van der Waals surface area contributed by atoms with Gasteiger partial charge in [-0.1, -0.05) is 0 Å². The summed E-state index contributed by atoms with van der Waals surface area (Å²) < 4.78 is 7.75. The van der Waals surface area contributed by atoms with Crippen LogP contribution < -0.4 is 4.74 Å². The van der Waals surface area contributed by atoms with Crippen molar-refractivity contribution in [2.24, 2.45) is 0 Å². The Labute approximate surface area is 118 Å². The standard InChI is InChI=1S/C11H11N5OS2/c1-17-10-8-9(13-6-14-10)16(11(18)15-8)4-2-7-12-3-5-19-7/h3,5-6H,2,4H2,1H3,(H,15,18). The summed E-state index contributed by atoms with van der Waals surface area (Å²) in [7, 11) is 1.57. The van der Waals surface area contributed by atoms with E-state index in [4.69, 9.17) is 17.0 Å². The van der Waals surface area contributed by atoms with Crippen LogP contribution in [0, 0.1) is 4.77 Å². The first-order chi connectivity index (χ1) is 9.29. The molecule has 0 radical (unpaired) electrons. The maximum absolute atomic E-state index is 5.32. The fourth-order valence-corrected chi connectivity index (χ4v) is 2.78. The third-order valence-electron chi connectivity index (χ3n) is 2.75. The van der Waals surface area contributed by atoms with Gasteiger partial charge in [0.25, 0.3) is 0 Å². The third kappa shape index (κ3) is 2.24. The molecular formula is C11H11N5OS2. The Hall–Kier alpha value is -1.80. The number of methoxy groups -OCH3 is 1. The smallest absolute Gasteiger partial charge is 0.242 e. The summed E-state index contributed by atoms with van der Waals surface area (Å²) in [5.41, 5.74) is 1.49. The molecule has 1 N–H and O–H groups in total. The van der Waals surface area contributed by atoms with Crippen molar-refractivity contribution in [3.63, 3.8) is 0 Å². The molecule has 0 saturated heterocycles. The molecular weight excluding hydrogens is 282 g/mol. The Morgan fingerprint density at radius 2 is 2.32 bits per heavy atom. The molecule has 3 aromatic heterocycles. The molecule has 0 aliphatic carbocycles. The molecule has 3 aromatic rings. The van der Waals surface area contributed by atoms with Gasteiger partial charge in [0.2, 0.25) is 5.88 Å². The summed E-state index contributed by atoms with van der Waals surface area (Å²) in [5.74, 6) is 0.504. The average Bonchev–Trinajstić information content (AvgIpc) is 3.03. The van der Waals surface area contributed by atoms with Crippen molar-refractivity contribution in [3.8, 4) is 5.88 Å². The highest BCUT2D eigenvalue weighted by atomic mass is 32.1. The second kappa shape index (κ2) is 5.06. The monoisotopic (exact) mass is 293 g/mol. The van der Waals surface area contributed by atoms with Gasteiger partial charge in [-0.15, -0.1) is 11.3 Å². The van der Waals surface area contributed by atoms with Gasteiger partial charge in [-0.05, 0) is 12.2 Å². The first kappa shape index (κ1) is 12.2. The Morgan fingerprint density at radius 1 is 1.42 bits per heavy atom. The Balaban J connectivity index is 1.99. The second-order valence-electron chi connectivity index (χ2n) is 3.84. The quantitative estimate of drug-likeness (QED) is 0.747. The molecule has 6 nitrogen and oxygen atoms in total. The second-order valence-corrected chi connectivity index (χ2v) is 5.21. The minimum Gasteiger partial charge on any atom is -0.479 e. The van der Waals surface area contributed by atoms with Crippen LogP contribution in [0.5, 0.6) is 5.88 Å². The zero-order chi connectivity index (χ0) is 13.2. The maximum Gasteiger partial charge on any atom is 0.242 e. The molecule has 0 amide bonds.